The van der Waals surface area contributed by atoms with Crippen molar-refractivity contribution in [1.82, 2.24) is 5.32 Å². The molecule has 1 unspecified atom stereocenters. The number of hydrogen-bond donors (Lipinski definition) is 1. The van der Waals surface area contributed by atoms with Gasteiger partial charge in [0.05, 0.1) is 23.7 Å². The van der Waals surface area contributed by atoms with Crippen molar-refractivity contribution < 1.29 is 13.2 Å². The molecular weight excluding hydrogens is 238 g/mol. The summed E-state index contributed by atoms with van der Waals surface area (Å²) >= 11 is 0. The first-order valence-corrected chi connectivity index (χ1v) is 8.01. The minimum Gasteiger partial charge on any atom is -0.379 e. The van der Waals surface area contributed by atoms with Crippen molar-refractivity contribution in [2.75, 3.05) is 25.5 Å². The summed E-state index contributed by atoms with van der Waals surface area (Å²) in [4.78, 5) is 0. The molecule has 0 saturated carbocycles. The largest absolute Gasteiger partial charge is 0.379 e. The normalized spacial score (nSPS) is 22.6. The van der Waals surface area contributed by atoms with Crippen molar-refractivity contribution in [2.45, 2.75) is 50.8 Å². The monoisotopic (exact) mass is 263 g/mol. The Bertz CT molecular complexity index is 313. The second-order valence-electron chi connectivity index (χ2n) is 5.65. The zero-order valence-electron chi connectivity index (χ0n) is 11.2. The average Bonchev–Trinajstić information content (AvgIpc) is 2.24. The average molecular weight is 263 g/mol. The van der Waals surface area contributed by atoms with E-state index in [4.69, 9.17) is 4.74 Å². The van der Waals surface area contributed by atoms with E-state index in [1.54, 1.807) is 20.8 Å². The van der Waals surface area contributed by atoms with Crippen LogP contribution in [0.2, 0.25) is 0 Å². The molecule has 1 rings (SSSR count). The Hall–Kier alpha value is -0.130. The molecule has 0 aromatic rings. The van der Waals surface area contributed by atoms with Crippen molar-refractivity contribution in [3.05, 3.63) is 0 Å². The van der Waals surface area contributed by atoms with E-state index < -0.39 is 14.6 Å². The van der Waals surface area contributed by atoms with E-state index in [2.05, 4.69) is 5.32 Å². The molecule has 17 heavy (non-hydrogen) atoms. The van der Waals surface area contributed by atoms with E-state index in [0.717, 1.165) is 13.0 Å². The summed E-state index contributed by atoms with van der Waals surface area (Å²) in [7, 11) is -3.05. The molecule has 0 aliphatic carbocycles. The number of sulfone groups is 1. The quantitative estimate of drug-likeness (QED) is 0.761. The molecular formula is C12H25NO3S. The van der Waals surface area contributed by atoms with Crippen LogP contribution >= 0.6 is 0 Å². The first kappa shape index (κ1) is 14.9. The van der Waals surface area contributed by atoms with Crippen molar-refractivity contribution in [1.29, 1.82) is 0 Å². The fourth-order valence-electron chi connectivity index (χ4n) is 1.77. The Morgan fingerprint density at radius 3 is 2.53 bits per heavy atom. The molecule has 0 aromatic carbocycles. The molecule has 102 valence electrons. The van der Waals surface area contributed by atoms with Crippen molar-refractivity contribution >= 4 is 9.84 Å². The van der Waals surface area contributed by atoms with Crippen LogP contribution in [0.25, 0.3) is 0 Å². The van der Waals surface area contributed by atoms with Gasteiger partial charge in [0.2, 0.25) is 0 Å². The van der Waals surface area contributed by atoms with Gasteiger partial charge in [0.25, 0.3) is 0 Å². The molecule has 1 fully saturated rings. The molecule has 1 atom stereocenters. The number of rotatable bonds is 5. The Balaban J connectivity index is 2.19. The number of nitrogens with one attached hydrogen (secondary N) is 1. The summed E-state index contributed by atoms with van der Waals surface area (Å²) in [6.07, 6.45) is 3.60. The van der Waals surface area contributed by atoms with E-state index >= 15 is 0 Å². The molecule has 0 aromatic heterocycles. The molecule has 1 aliphatic heterocycles. The lowest BCUT2D eigenvalue weighted by molar-refractivity contribution is 0.115. The minimum absolute atomic E-state index is 0.114. The minimum atomic E-state index is -3.05. The van der Waals surface area contributed by atoms with Gasteiger partial charge >= 0.3 is 0 Å². The van der Waals surface area contributed by atoms with Gasteiger partial charge < -0.3 is 10.1 Å². The third kappa shape index (κ3) is 4.94. The topological polar surface area (TPSA) is 55.4 Å². The molecule has 0 radical (unpaired) electrons. The Morgan fingerprint density at radius 1 is 1.29 bits per heavy atom. The molecule has 4 nitrogen and oxygen atoms in total. The Labute approximate surface area is 105 Å². The van der Waals surface area contributed by atoms with Gasteiger partial charge in [0, 0.05) is 6.04 Å². The second kappa shape index (κ2) is 6.16. The van der Waals surface area contributed by atoms with Crippen LogP contribution in [0.1, 0.15) is 40.0 Å². The van der Waals surface area contributed by atoms with Crippen LogP contribution in [0, 0.1) is 0 Å². The van der Waals surface area contributed by atoms with E-state index in [0.29, 0.717) is 19.3 Å². The van der Waals surface area contributed by atoms with Gasteiger partial charge in [-0.05, 0) is 40.2 Å². The summed E-state index contributed by atoms with van der Waals surface area (Å²) in [5.74, 6) is 0.114. The summed E-state index contributed by atoms with van der Waals surface area (Å²) < 4.78 is 28.4. The van der Waals surface area contributed by atoms with E-state index in [1.165, 1.54) is 12.8 Å². The van der Waals surface area contributed by atoms with Crippen LogP contribution in [0.4, 0.5) is 0 Å². The molecule has 0 spiro atoms. The molecule has 1 N–H and O–H groups in total. The van der Waals surface area contributed by atoms with E-state index in [9.17, 15) is 8.42 Å². The van der Waals surface area contributed by atoms with Crippen molar-refractivity contribution in [2.24, 2.45) is 0 Å². The van der Waals surface area contributed by atoms with E-state index in [1.807, 2.05) is 0 Å². The lowest BCUT2D eigenvalue weighted by Crippen LogP contribution is -2.38. The molecule has 5 heteroatoms. The predicted octanol–water partition coefficient (Wildman–Crippen LogP) is 1.36. The summed E-state index contributed by atoms with van der Waals surface area (Å²) in [6, 6.07) is 0.404. The highest BCUT2D eigenvalue weighted by Crippen LogP contribution is 2.15. The first-order chi connectivity index (χ1) is 7.83. The zero-order valence-corrected chi connectivity index (χ0v) is 12.0. The fraction of sp³-hybridized carbons (Fsp3) is 1.00. The van der Waals surface area contributed by atoms with Crippen LogP contribution in [-0.2, 0) is 14.6 Å². The highest BCUT2D eigenvalue weighted by molar-refractivity contribution is 7.92. The molecule has 0 amide bonds. The Kier molecular flexibility index (Phi) is 5.41. The standard InChI is InChI=1S/C12H25NO3S/c1-12(2,3)17(14,15)9-8-16-10-11-6-4-5-7-13-11/h11,13H,4-10H2,1-3H3. The first-order valence-electron chi connectivity index (χ1n) is 6.36. The Morgan fingerprint density at radius 2 is 2.00 bits per heavy atom. The number of hydrogen-bond acceptors (Lipinski definition) is 4. The van der Waals surface area contributed by atoms with Gasteiger partial charge in [-0.1, -0.05) is 6.42 Å². The van der Waals surface area contributed by atoms with Gasteiger partial charge in [-0.25, -0.2) is 8.42 Å². The predicted molar refractivity (Wildman–Crippen MR) is 70.0 cm³/mol. The highest BCUT2D eigenvalue weighted by Gasteiger charge is 2.28. The number of piperidine rings is 1. The molecule has 1 heterocycles. The van der Waals surface area contributed by atoms with Crippen LogP contribution in [0.3, 0.4) is 0 Å². The van der Waals surface area contributed by atoms with Crippen LogP contribution in [-0.4, -0.2) is 44.7 Å². The van der Waals surface area contributed by atoms with Gasteiger partial charge in [-0.2, -0.15) is 0 Å². The summed E-state index contributed by atoms with van der Waals surface area (Å²) in [5, 5.41) is 3.37. The maximum absolute atomic E-state index is 11.8. The maximum Gasteiger partial charge on any atom is 0.157 e. The lowest BCUT2D eigenvalue weighted by atomic mass is 10.1. The van der Waals surface area contributed by atoms with Gasteiger partial charge in [0.15, 0.2) is 9.84 Å². The third-order valence-corrected chi connectivity index (χ3v) is 5.73. The van der Waals surface area contributed by atoms with Crippen LogP contribution < -0.4 is 5.32 Å². The lowest BCUT2D eigenvalue weighted by Gasteiger charge is -2.24. The number of ether oxygens (including phenoxy) is 1. The summed E-state index contributed by atoms with van der Waals surface area (Å²) in [6.45, 7) is 7.16. The van der Waals surface area contributed by atoms with Crippen LogP contribution in [0.15, 0.2) is 0 Å². The molecule has 1 saturated heterocycles. The molecule has 1 aliphatic rings. The van der Waals surface area contributed by atoms with Gasteiger partial charge in [-0.15, -0.1) is 0 Å². The van der Waals surface area contributed by atoms with Gasteiger partial charge in [0.1, 0.15) is 0 Å². The maximum atomic E-state index is 11.8. The SMILES string of the molecule is CC(C)(C)S(=O)(=O)CCOCC1CCCCN1. The third-order valence-electron chi connectivity index (χ3n) is 3.16. The second-order valence-corrected chi connectivity index (χ2v) is 8.52. The summed E-state index contributed by atoms with van der Waals surface area (Å²) in [5.41, 5.74) is 0. The fourth-order valence-corrected chi connectivity index (χ4v) is 2.72. The van der Waals surface area contributed by atoms with E-state index in [-0.39, 0.29) is 5.75 Å². The molecule has 0 bridgehead atoms. The van der Waals surface area contributed by atoms with Crippen LogP contribution in [0.5, 0.6) is 0 Å². The van der Waals surface area contributed by atoms with Crippen molar-refractivity contribution in [3.8, 4) is 0 Å². The van der Waals surface area contributed by atoms with Crippen molar-refractivity contribution in [3.63, 3.8) is 0 Å². The smallest absolute Gasteiger partial charge is 0.157 e. The zero-order chi connectivity index (χ0) is 12.9. The van der Waals surface area contributed by atoms with Gasteiger partial charge in [-0.3, -0.25) is 0 Å². The highest BCUT2D eigenvalue weighted by atomic mass is 32.2.